The first-order valence-corrected chi connectivity index (χ1v) is 11.1. The van der Waals surface area contributed by atoms with Gasteiger partial charge in [0.1, 0.15) is 23.0 Å². The summed E-state index contributed by atoms with van der Waals surface area (Å²) in [6.45, 7) is 3.92. The lowest BCUT2D eigenvalue weighted by molar-refractivity contribution is 0.307. The van der Waals surface area contributed by atoms with E-state index in [0.717, 1.165) is 22.4 Å². The highest BCUT2D eigenvalue weighted by molar-refractivity contribution is 7.89. The molecule has 0 aliphatic heterocycles. The maximum absolute atomic E-state index is 12.7. The number of aryl methyl sites for hydroxylation is 2. The lowest BCUT2D eigenvalue weighted by Crippen LogP contribution is -2.28. The lowest BCUT2D eigenvalue weighted by Gasteiger charge is -2.13. The summed E-state index contributed by atoms with van der Waals surface area (Å²) < 4.78 is 43.7. The number of ether oxygens (including phenoxy) is 3. The van der Waals surface area contributed by atoms with Crippen LogP contribution in [0.5, 0.6) is 17.4 Å². The van der Waals surface area contributed by atoms with Crippen LogP contribution in [0.25, 0.3) is 11.3 Å². The molecule has 0 fully saturated rings. The Balaban J connectivity index is 1.57. The van der Waals surface area contributed by atoms with Gasteiger partial charge in [0.25, 0.3) is 0 Å². The smallest absolute Gasteiger partial charge is 0.244 e. The maximum Gasteiger partial charge on any atom is 0.244 e. The molecule has 0 atom stereocenters. The average molecular weight is 444 g/mol. The Kier molecular flexibility index (Phi) is 7.09. The molecule has 0 saturated heterocycles. The fraction of sp³-hybridized carbons (Fsp3) is 0.273. The quantitative estimate of drug-likeness (QED) is 0.507. The van der Waals surface area contributed by atoms with Crippen molar-refractivity contribution in [2.75, 3.05) is 27.4 Å². The van der Waals surface area contributed by atoms with E-state index in [1.165, 1.54) is 7.11 Å². The van der Waals surface area contributed by atoms with E-state index in [2.05, 4.69) is 14.9 Å². The van der Waals surface area contributed by atoms with Crippen LogP contribution < -0.4 is 18.9 Å². The van der Waals surface area contributed by atoms with Crippen molar-refractivity contribution in [3.63, 3.8) is 0 Å². The van der Waals surface area contributed by atoms with Gasteiger partial charge in [-0.3, -0.25) is 0 Å². The molecule has 3 rings (SSSR count). The summed E-state index contributed by atoms with van der Waals surface area (Å²) in [5, 5.41) is 8.19. The molecule has 1 heterocycles. The van der Waals surface area contributed by atoms with Gasteiger partial charge in [-0.15, -0.1) is 10.2 Å². The van der Waals surface area contributed by atoms with Crippen LogP contribution in [-0.4, -0.2) is 46.0 Å². The first-order chi connectivity index (χ1) is 14.8. The van der Waals surface area contributed by atoms with E-state index in [1.807, 2.05) is 38.1 Å². The highest BCUT2D eigenvalue weighted by Crippen LogP contribution is 2.27. The number of nitrogens with one attached hydrogen (secondary N) is 1. The van der Waals surface area contributed by atoms with Gasteiger partial charge in [0.2, 0.25) is 15.9 Å². The van der Waals surface area contributed by atoms with Crippen LogP contribution in [0.3, 0.4) is 0 Å². The molecule has 0 aliphatic carbocycles. The molecule has 1 aromatic heterocycles. The molecule has 0 spiro atoms. The summed E-state index contributed by atoms with van der Waals surface area (Å²) in [5.74, 6) is 1.37. The van der Waals surface area contributed by atoms with Gasteiger partial charge in [-0.05, 0) is 67.4 Å². The molecule has 1 N–H and O–H groups in total. The fourth-order valence-corrected chi connectivity index (χ4v) is 4.10. The van der Waals surface area contributed by atoms with Gasteiger partial charge >= 0.3 is 0 Å². The summed E-state index contributed by atoms with van der Waals surface area (Å²) in [6.07, 6.45) is 0. The number of benzene rings is 2. The van der Waals surface area contributed by atoms with E-state index in [1.54, 1.807) is 31.4 Å². The van der Waals surface area contributed by atoms with Crippen LogP contribution in [0.15, 0.2) is 53.4 Å². The molecule has 3 aromatic rings. The molecule has 0 unspecified atom stereocenters. The Morgan fingerprint density at radius 2 is 1.61 bits per heavy atom. The zero-order valence-corrected chi connectivity index (χ0v) is 18.7. The fourth-order valence-electron chi connectivity index (χ4n) is 2.85. The Hall–Kier alpha value is -3.17. The molecule has 0 amide bonds. The third-order valence-corrected chi connectivity index (χ3v) is 6.22. The van der Waals surface area contributed by atoms with E-state index in [-0.39, 0.29) is 18.0 Å². The number of methoxy groups -OCH3 is 2. The van der Waals surface area contributed by atoms with E-state index < -0.39 is 10.0 Å². The summed E-state index contributed by atoms with van der Waals surface area (Å²) in [7, 11) is -0.691. The second-order valence-corrected chi connectivity index (χ2v) is 8.55. The van der Waals surface area contributed by atoms with Crippen LogP contribution in [0, 0.1) is 13.8 Å². The van der Waals surface area contributed by atoms with Crippen LogP contribution in [0.4, 0.5) is 0 Å². The number of rotatable bonds is 9. The van der Waals surface area contributed by atoms with Crippen molar-refractivity contribution in [1.29, 1.82) is 0 Å². The zero-order valence-electron chi connectivity index (χ0n) is 17.9. The van der Waals surface area contributed by atoms with Crippen LogP contribution in [0.2, 0.25) is 0 Å². The predicted octanol–water partition coefficient (Wildman–Crippen LogP) is 3.13. The average Bonchev–Trinajstić information content (AvgIpc) is 2.78. The van der Waals surface area contributed by atoms with Crippen LogP contribution in [-0.2, 0) is 10.0 Å². The van der Waals surface area contributed by atoms with Gasteiger partial charge in [0, 0.05) is 18.2 Å². The summed E-state index contributed by atoms with van der Waals surface area (Å²) in [5.41, 5.74) is 3.41. The molecule has 0 bridgehead atoms. The van der Waals surface area contributed by atoms with Gasteiger partial charge < -0.3 is 14.2 Å². The van der Waals surface area contributed by atoms with Gasteiger partial charge in [0.05, 0.1) is 19.9 Å². The monoisotopic (exact) mass is 443 g/mol. The maximum atomic E-state index is 12.7. The third-order valence-electron chi connectivity index (χ3n) is 4.74. The van der Waals surface area contributed by atoms with Gasteiger partial charge in [-0.25, -0.2) is 13.1 Å². The SMILES string of the molecule is COc1ccc(-c2ccc(OCCNS(=O)(=O)c3cc(C)c(C)cc3OC)nn2)cc1. The van der Waals surface area contributed by atoms with Crippen molar-refractivity contribution in [3.8, 4) is 28.6 Å². The topological polar surface area (TPSA) is 99.6 Å². The molecule has 9 heteroatoms. The standard InChI is InChI=1S/C22H25N3O5S/c1-15-13-20(29-4)21(14-16(15)2)31(26,27)23-11-12-30-22-10-9-19(24-25-22)17-5-7-18(28-3)8-6-17/h5-10,13-14,23H,11-12H2,1-4H3. The third kappa shape index (κ3) is 5.50. The van der Waals surface area contributed by atoms with Crippen molar-refractivity contribution in [2.45, 2.75) is 18.7 Å². The van der Waals surface area contributed by atoms with Gasteiger partial charge in [0.15, 0.2) is 0 Å². The van der Waals surface area contributed by atoms with Crippen molar-refractivity contribution in [1.82, 2.24) is 14.9 Å². The Morgan fingerprint density at radius 1 is 0.903 bits per heavy atom. The number of hydrogen-bond donors (Lipinski definition) is 1. The number of hydrogen-bond acceptors (Lipinski definition) is 7. The molecule has 8 nitrogen and oxygen atoms in total. The summed E-state index contributed by atoms with van der Waals surface area (Å²) in [6, 6.07) is 14.2. The highest BCUT2D eigenvalue weighted by atomic mass is 32.2. The van der Waals surface area contributed by atoms with Crippen molar-refractivity contribution in [3.05, 3.63) is 59.7 Å². The largest absolute Gasteiger partial charge is 0.497 e. The van der Waals surface area contributed by atoms with Gasteiger partial charge in [-0.2, -0.15) is 0 Å². The van der Waals surface area contributed by atoms with E-state index >= 15 is 0 Å². The molecule has 0 saturated carbocycles. The molecule has 0 radical (unpaired) electrons. The highest BCUT2D eigenvalue weighted by Gasteiger charge is 2.20. The molecule has 2 aromatic carbocycles. The minimum atomic E-state index is -3.75. The molecule has 0 aliphatic rings. The summed E-state index contributed by atoms with van der Waals surface area (Å²) in [4.78, 5) is 0.0988. The van der Waals surface area contributed by atoms with E-state index in [4.69, 9.17) is 14.2 Å². The van der Waals surface area contributed by atoms with Crippen molar-refractivity contribution in [2.24, 2.45) is 0 Å². The normalized spacial score (nSPS) is 11.2. The second kappa shape index (κ2) is 9.76. The Bertz CT molecular complexity index is 1130. The van der Waals surface area contributed by atoms with Gasteiger partial charge in [-0.1, -0.05) is 0 Å². The number of aromatic nitrogens is 2. The zero-order chi connectivity index (χ0) is 22.4. The van der Waals surface area contributed by atoms with Crippen molar-refractivity contribution >= 4 is 10.0 Å². The molecule has 164 valence electrons. The van der Waals surface area contributed by atoms with Crippen LogP contribution in [0.1, 0.15) is 11.1 Å². The van der Waals surface area contributed by atoms with E-state index in [9.17, 15) is 8.42 Å². The Labute approximate surface area is 182 Å². The number of nitrogens with zero attached hydrogens (tertiary/aromatic N) is 2. The van der Waals surface area contributed by atoms with Crippen molar-refractivity contribution < 1.29 is 22.6 Å². The lowest BCUT2D eigenvalue weighted by atomic mass is 10.1. The minimum Gasteiger partial charge on any atom is -0.497 e. The summed E-state index contributed by atoms with van der Waals surface area (Å²) >= 11 is 0. The number of sulfonamides is 1. The van der Waals surface area contributed by atoms with Crippen LogP contribution >= 0.6 is 0 Å². The van der Waals surface area contributed by atoms with E-state index in [0.29, 0.717) is 17.3 Å². The molecular formula is C22H25N3O5S. The first kappa shape index (κ1) is 22.5. The first-order valence-electron chi connectivity index (χ1n) is 9.60. The predicted molar refractivity (Wildman–Crippen MR) is 117 cm³/mol. The molecular weight excluding hydrogens is 418 g/mol. The molecule has 31 heavy (non-hydrogen) atoms. The Morgan fingerprint density at radius 3 is 2.23 bits per heavy atom. The minimum absolute atomic E-state index is 0.0698. The second-order valence-electron chi connectivity index (χ2n) is 6.82.